The van der Waals surface area contributed by atoms with Crippen molar-refractivity contribution >= 4 is 5.97 Å². The van der Waals surface area contributed by atoms with Gasteiger partial charge < -0.3 is 4.74 Å². The topological polar surface area (TPSA) is 26.3 Å². The van der Waals surface area contributed by atoms with Gasteiger partial charge in [0.1, 0.15) is 5.76 Å². The largest absolute Gasteiger partial charge is 0.427 e. The first kappa shape index (κ1) is 14.9. The van der Waals surface area contributed by atoms with Crippen LogP contribution in [0.4, 0.5) is 0 Å². The summed E-state index contributed by atoms with van der Waals surface area (Å²) in [5.74, 6) is 0.106. The molecule has 0 aliphatic carbocycles. The predicted octanol–water partition coefficient (Wildman–Crippen LogP) is 3.39. The highest BCUT2D eigenvalue weighted by molar-refractivity contribution is 5.67. The van der Waals surface area contributed by atoms with Crippen LogP contribution in [0.2, 0.25) is 0 Å². The van der Waals surface area contributed by atoms with E-state index in [2.05, 4.69) is 13.2 Å². The van der Waals surface area contributed by atoms with E-state index in [9.17, 15) is 4.79 Å². The first-order valence-corrected chi connectivity index (χ1v) is 4.51. The van der Waals surface area contributed by atoms with Gasteiger partial charge in [-0.25, -0.2) is 0 Å². The second-order valence-corrected chi connectivity index (χ2v) is 1.99. The lowest BCUT2D eigenvalue weighted by atomic mass is 10.4. The molecule has 0 aromatic carbocycles. The molecule has 0 aliphatic heterocycles. The van der Waals surface area contributed by atoms with Gasteiger partial charge in [-0.3, -0.25) is 4.79 Å². The Morgan fingerprint density at radius 3 is 2.14 bits per heavy atom. The molecule has 0 atom stereocenters. The molecule has 0 radical (unpaired) electrons. The molecular formula is C12H18O2. The van der Waals surface area contributed by atoms with Crippen molar-refractivity contribution in [3.05, 3.63) is 49.3 Å². The van der Waals surface area contributed by atoms with Gasteiger partial charge in [-0.1, -0.05) is 45.2 Å². The standard InChI is InChI=1S/C10H12O2.C2H6/c1-4-6-8-10(7-5-2)12-9(3)11;1-2/h4-8H,1-2H2,3H3;1-2H3/b8-6-,10-7+;. The molecule has 0 N–H and O–H groups in total. The van der Waals surface area contributed by atoms with Crippen LogP contribution >= 0.6 is 0 Å². The number of carbonyl (C=O) groups is 1. The van der Waals surface area contributed by atoms with E-state index in [1.165, 1.54) is 6.92 Å². The maximum atomic E-state index is 10.5. The fourth-order valence-electron chi connectivity index (χ4n) is 0.569. The molecule has 0 aromatic rings. The third kappa shape index (κ3) is 10.4. The molecule has 0 aromatic heterocycles. The van der Waals surface area contributed by atoms with E-state index in [0.717, 1.165) is 0 Å². The Balaban J connectivity index is 0. The molecule has 0 aliphatic rings. The lowest BCUT2D eigenvalue weighted by Crippen LogP contribution is -1.96. The molecule has 0 rings (SSSR count). The number of ether oxygens (including phenoxy) is 1. The van der Waals surface area contributed by atoms with E-state index in [4.69, 9.17) is 4.74 Å². The highest BCUT2D eigenvalue weighted by Crippen LogP contribution is 2.00. The van der Waals surface area contributed by atoms with Crippen LogP contribution in [0.1, 0.15) is 20.8 Å². The van der Waals surface area contributed by atoms with Crippen molar-refractivity contribution in [3.63, 3.8) is 0 Å². The van der Waals surface area contributed by atoms with Crippen molar-refractivity contribution in [2.24, 2.45) is 0 Å². The average Bonchev–Trinajstić information content (AvgIpc) is 2.17. The van der Waals surface area contributed by atoms with Gasteiger partial charge in [-0.15, -0.1) is 0 Å². The molecule has 2 heteroatoms. The number of hydrogen-bond acceptors (Lipinski definition) is 2. The summed E-state index contributed by atoms with van der Waals surface area (Å²) < 4.78 is 4.81. The third-order valence-electron chi connectivity index (χ3n) is 0.940. The van der Waals surface area contributed by atoms with Gasteiger partial charge >= 0.3 is 5.97 Å². The van der Waals surface area contributed by atoms with Crippen molar-refractivity contribution in [1.29, 1.82) is 0 Å². The van der Waals surface area contributed by atoms with Gasteiger partial charge in [0, 0.05) is 6.92 Å². The second kappa shape index (κ2) is 11.4. The summed E-state index contributed by atoms with van der Waals surface area (Å²) in [6.07, 6.45) is 8.06. The zero-order valence-corrected chi connectivity index (χ0v) is 9.12. The molecule has 0 unspecified atom stereocenters. The summed E-state index contributed by atoms with van der Waals surface area (Å²) >= 11 is 0. The van der Waals surface area contributed by atoms with Crippen LogP contribution < -0.4 is 0 Å². The van der Waals surface area contributed by atoms with Gasteiger partial charge in [0.2, 0.25) is 0 Å². The van der Waals surface area contributed by atoms with Crippen LogP contribution in [0, 0.1) is 0 Å². The number of rotatable bonds is 4. The summed E-state index contributed by atoms with van der Waals surface area (Å²) in [7, 11) is 0. The van der Waals surface area contributed by atoms with Crippen LogP contribution in [0.25, 0.3) is 0 Å². The zero-order valence-electron chi connectivity index (χ0n) is 9.12. The average molecular weight is 194 g/mol. The summed E-state index contributed by atoms with van der Waals surface area (Å²) in [5, 5.41) is 0. The van der Waals surface area contributed by atoms with Crippen molar-refractivity contribution in [1.82, 2.24) is 0 Å². The second-order valence-electron chi connectivity index (χ2n) is 1.99. The predicted molar refractivity (Wildman–Crippen MR) is 60.7 cm³/mol. The van der Waals surface area contributed by atoms with Crippen LogP contribution in [0.3, 0.4) is 0 Å². The molecule has 0 heterocycles. The maximum absolute atomic E-state index is 10.5. The Morgan fingerprint density at radius 1 is 1.21 bits per heavy atom. The maximum Gasteiger partial charge on any atom is 0.308 e. The molecule has 0 bridgehead atoms. The molecule has 2 nitrogen and oxygen atoms in total. The Hall–Kier alpha value is -1.57. The van der Waals surface area contributed by atoms with Crippen molar-refractivity contribution in [2.45, 2.75) is 20.8 Å². The minimum absolute atomic E-state index is 0.350. The Kier molecular flexibility index (Phi) is 12.2. The number of carbonyl (C=O) groups excluding carboxylic acids is 1. The normalized spacial score (nSPS) is 10.1. The van der Waals surface area contributed by atoms with Crippen LogP contribution in [-0.4, -0.2) is 5.97 Å². The molecule has 14 heavy (non-hydrogen) atoms. The number of esters is 1. The molecule has 0 spiro atoms. The van der Waals surface area contributed by atoms with Crippen molar-refractivity contribution in [2.75, 3.05) is 0 Å². The van der Waals surface area contributed by atoms with Crippen LogP contribution in [0.15, 0.2) is 49.3 Å². The fraction of sp³-hybridized carbons (Fsp3) is 0.250. The van der Waals surface area contributed by atoms with E-state index >= 15 is 0 Å². The molecule has 78 valence electrons. The molecule has 0 saturated heterocycles. The molecule has 0 amide bonds. The van der Waals surface area contributed by atoms with Crippen LogP contribution in [0.5, 0.6) is 0 Å². The van der Waals surface area contributed by atoms with Crippen molar-refractivity contribution in [3.8, 4) is 0 Å². The molecule has 0 fully saturated rings. The van der Waals surface area contributed by atoms with Gasteiger partial charge in [0.15, 0.2) is 0 Å². The highest BCUT2D eigenvalue weighted by Gasteiger charge is 1.94. The lowest BCUT2D eigenvalue weighted by molar-refractivity contribution is -0.136. The van der Waals surface area contributed by atoms with E-state index in [0.29, 0.717) is 5.76 Å². The van der Waals surface area contributed by atoms with Gasteiger partial charge in [0.05, 0.1) is 0 Å². The quantitative estimate of drug-likeness (QED) is 0.389. The Labute approximate surface area is 86.3 Å². The summed E-state index contributed by atoms with van der Waals surface area (Å²) in [5.41, 5.74) is 0. The van der Waals surface area contributed by atoms with E-state index < -0.39 is 0 Å². The summed E-state index contributed by atoms with van der Waals surface area (Å²) in [6, 6.07) is 0. The minimum Gasteiger partial charge on any atom is -0.427 e. The van der Waals surface area contributed by atoms with E-state index in [-0.39, 0.29) is 5.97 Å². The van der Waals surface area contributed by atoms with Gasteiger partial charge in [-0.05, 0) is 12.2 Å². The van der Waals surface area contributed by atoms with Crippen molar-refractivity contribution < 1.29 is 9.53 Å². The minimum atomic E-state index is -0.350. The zero-order chi connectivity index (χ0) is 11.4. The number of allylic oxidation sites excluding steroid dienone is 5. The highest BCUT2D eigenvalue weighted by atomic mass is 16.5. The molecule has 0 saturated carbocycles. The SMILES string of the molecule is C=C/C=C\C(=C/C=C)OC(C)=O.CC. The van der Waals surface area contributed by atoms with E-state index in [1.54, 1.807) is 30.4 Å². The summed E-state index contributed by atoms with van der Waals surface area (Å²) in [6.45, 7) is 12.3. The first-order valence-electron chi connectivity index (χ1n) is 4.51. The Morgan fingerprint density at radius 2 is 1.79 bits per heavy atom. The third-order valence-corrected chi connectivity index (χ3v) is 0.940. The molecular weight excluding hydrogens is 176 g/mol. The monoisotopic (exact) mass is 194 g/mol. The van der Waals surface area contributed by atoms with E-state index in [1.807, 2.05) is 13.8 Å². The fourth-order valence-corrected chi connectivity index (χ4v) is 0.569. The van der Waals surface area contributed by atoms with Crippen LogP contribution in [-0.2, 0) is 9.53 Å². The Bertz CT molecular complexity index is 235. The smallest absolute Gasteiger partial charge is 0.308 e. The first-order chi connectivity index (χ1) is 6.70. The summed E-state index contributed by atoms with van der Waals surface area (Å²) in [4.78, 5) is 10.5. The van der Waals surface area contributed by atoms with Gasteiger partial charge in [0.25, 0.3) is 0 Å². The van der Waals surface area contributed by atoms with Gasteiger partial charge in [-0.2, -0.15) is 0 Å². The lowest BCUT2D eigenvalue weighted by Gasteiger charge is -1.98. The number of hydrogen-bond donors (Lipinski definition) is 0.